The maximum atomic E-state index is 7.63. The molecule has 0 aliphatic carbocycles. The van der Waals surface area contributed by atoms with Crippen molar-refractivity contribution in [1.29, 1.82) is 10.8 Å². The molecule has 0 aromatic rings. The van der Waals surface area contributed by atoms with Gasteiger partial charge in [0.1, 0.15) is 5.84 Å². The van der Waals surface area contributed by atoms with Crippen molar-refractivity contribution in [3.63, 3.8) is 0 Å². The number of nitrogens with one attached hydrogen (secondary N) is 3. The second-order valence-electron chi connectivity index (χ2n) is 3.45. The van der Waals surface area contributed by atoms with Crippen LogP contribution in [-0.2, 0) is 0 Å². The molecule has 0 fully saturated rings. The summed E-state index contributed by atoms with van der Waals surface area (Å²) in [7, 11) is 0. The first-order valence-electron chi connectivity index (χ1n) is 4.11. The second kappa shape index (κ2) is 4.60. The highest BCUT2D eigenvalue weighted by atomic mass is 15.0. The lowest BCUT2D eigenvalue weighted by Gasteiger charge is -2.22. The van der Waals surface area contributed by atoms with Crippen molar-refractivity contribution in [2.45, 2.75) is 26.3 Å². The third-order valence-electron chi connectivity index (χ3n) is 1.57. The summed E-state index contributed by atoms with van der Waals surface area (Å²) in [6.45, 7) is 9.07. The van der Waals surface area contributed by atoms with Crippen molar-refractivity contribution >= 4 is 12.1 Å². The van der Waals surface area contributed by atoms with Gasteiger partial charge in [-0.1, -0.05) is 18.7 Å². The fourth-order valence-electron chi connectivity index (χ4n) is 0.717. The Labute approximate surface area is 79.6 Å². The summed E-state index contributed by atoms with van der Waals surface area (Å²) in [6.07, 6.45) is 4.68. The lowest BCUT2D eigenvalue weighted by Crippen LogP contribution is -2.44. The Balaban J connectivity index is 4.40. The molecule has 0 aliphatic heterocycles. The van der Waals surface area contributed by atoms with Crippen LogP contribution >= 0.6 is 0 Å². The van der Waals surface area contributed by atoms with Gasteiger partial charge in [0.25, 0.3) is 0 Å². The standard InChI is InChI=1S/C10H17N3/c1-5-6-8(2)9(12)13-10(3,4)7-11/h5-7,11H,1H2,2-4H3,(H2,12,13)/b8-6+,11-7?. The zero-order chi connectivity index (χ0) is 10.5. The summed E-state index contributed by atoms with van der Waals surface area (Å²) in [5, 5.41) is 17.7. The summed E-state index contributed by atoms with van der Waals surface area (Å²) in [6, 6.07) is 0. The van der Waals surface area contributed by atoms with Crippen LogP contribution in [0.5, 0.6) is 0 Å². The first-order chi connectivity index (χ1) is 5.93. The van der Waals surface area contributed by atoms with E-state index >= 15 is 0 Å². The Kier molecular flexibility index (Phi) is 4.11. The Morgan fingerprint density at radius 2 is 2.00 bits per heavy atom. The number of rotatable bonds is 4. The maximum absolute atomic E-state index is 7.63. The molecular formula is C10H17N3. The summed E-state index contributed by atoms with van der Waals surface area (Å²) in [5.41, 5.74) is 0.345. The highest BCUT2D eigenvalue weighted by Crippen LogP contribution is 2.01. The summed E-state index contributed by atoms with van der Waals surface area (Å²) < 4.78 is 0. The summed E-state index contributed by atoms with van der Waals surface area (Å²) in [5.74, 6) is 0.327. The molecule has 0 aromatic heterocycles. The van der Waals surface area contributed by atoms with Crippen LogP contribution in [0.4, 0.5) is 0 Å². The molecule has 0 atom stereocenters. The minimum Gasteiger partial charge on any atom is -0.360 e. The van der Waals surface area contributed by atoms with Crippen LogP contribution in [0.1, 0.15) is 20.8 Å². The van der Waals surface area contributed by atoms with Gasteiger partial charge >= 0.3 is 0 Å². The molecule has 0 heterocycles. The normalized spacial score (nSPS) is 12.1. The van der Waals surface area contributed by atoms with E-state index in [1.807, 2.05) is 20.8 Å². The van der Waals surface area contributed by atoms with E-state index in [0.717, 1.165) is 5.57 Å². The molecule has 3 heteroatoms. The average Bonchev–Trinajstić information content (AvgIpc) is 2.04. The van der Waals surface area contributed by atoms with Crippen molar-refractivity contribution < 1.29 is 0 Å². The van der Waals surface area contributed by atoms with Gasteiger partial charge in [-0.3, -0.25) is 5.41 Å². The lowest BCUT2D eigenvalue weighted by molar-refractivity contribution is 0.624. The van der Waals surface area contributed by atoms with Crippen LogP contribution in [0.2, 0.25) is 0 Å². The number of hydrogen-bond donors (Lipinski definition) is 3. The predicted molar refractivity (Wildman–Crippen MR) is 57.7 cm³/mol. The SMILES string of the molecule is C=C/C=C(\C)C(=N)NC(C)(C)C=N. The first kappa shape index (κ1) is 11.6. The molecule has 0 spiro atoms. The van der Waals surface area contributed by atoms with Crippen LogP contribution in [0.3, 0.4) is 0 Å². The second-order valence-corrected chi connectivity index (χ2v) is 3.45. The Morgan fingerprint density at radius 1 is 1.46 bits per heavy atom. The van der Waals surface area contributed by atoms with Gasteiger partial charge in [-0.05, 0) is 26.3 Å². The van der Waals surface area contributed by atoms with Gasteiger partial charge in [0, 0.05) is 6.21 Å². The highest BCUT2D eigenvalue weighted by Gasteiger charge is 2.14. The van der Waals surface area contributed by atoms with E-state index < -0.39 is 5.54 Å². The topological polar surface area (TPSA) is 59.7 Å². The summed E-state index contributed by atoms with van der Waals surface area (Å²) >= 11 is 0. The maximum Gasteiger partial charge on any atom is 0.121 e. The van der Waals surface area contributed by atoms with E-state index in [0.29, 0.717) is 5.84 Å². The van der Waals surface area contributed by atoms with Gasteiger partial charge in [-0.25, -0.2) is 0 Å². The Bertz CT molecular complexity index is 249. The van der Waals surface area contributed by atoms with Crippen LogP contribution in [0.15, 0.2) is 24.3 Å². The van der Waals surface area contributed by atoms with Crippen molar-refractivity contribution in [1.82, 2.24) is 5.32 Å². The van der Waals surface area contributed by atoms with E-state index in [1.54, 1.807) is 12.2 Å². The molecule has 0 radical (unpaired) electrons. The molecule has 72 valence electrons. The third-order valence-corrected chi connectivity index (χ3v) is 1.57. The molecule has 0 amide bonds. The monoisotopic (exact) mass is 179 g/mol. The molecule has 13 heavy (non-hydrogen) atoms. The molecule has 3 nitrogen and oxygen atoms in total. The number of allylic oxidation sites excluding steroid dienone is 2. The van der Waals surface area contributed by atoms with Crippen molar-refractivity contribution in [2.75, 3.05) is 0 Å². The molecule has 0 rings (SSSR count). The van der Waals surface area contributed by atoms with Crippen molar-refractivity contribution in [3.05, 3.63) is 24.3 Å². The minimum absolute atomic E-state index is 0.327. The third kappa shape index (κ3) is 4.25. The Morgan fingerprint density at radius 3 is 2.38 bits per heavy atom. The van der Waals surface area contributed by atoms with Crippen LogP contribution in [0.25, 0.3) is 0 Å². The number of hydrogen-bond acceptors (Lipinski definition) is 2. The average molecular weight is 179 g/mol. The van der Waals surface area contributed by atoms with Crippen molar-refractivity contribution in [3.8, 4) is 0 Å². The van der Waals surface area contributed by atoms with Gasteiger partial charge in [-0.15, -0.1) is 0 Å². The molecule has 0 bridgehead atoms. The largest absolute Gasteiger partial charge is 0.360 e. The van der Waals surface area contributed by atoms with Crippen molar-refractivity contribution in [2.24, 2.45) is 0 Å². The minimum atomic E-state index is -0.465. The highest BCUT2D eigenvalue weighted by molar-refractivity contribution is 5.97. The predicted octanol–water partition coefficient (Wildman–Crippen LogP) is 2.11. The van der Waals surface area contributed by atoms with E-state index in [2.05, 4.69) is 11.9 Å². The molecular weight excluding hydrogens is 162 g/mol. The van der Waals surface area contributed by atoms with Gasteiger partial charge in [0.15, 0.2) is 0 Å². The van der Waals surface area contributed by atoms with Gasteiger partial charge in [0.05, 0.1) is 5.54 Å². The molecule has 0 unspecified atom stereocenters. The molecule has 0 aliphatic rings. The molecule has 3 N–H and O–H groups in total. The smallest absolute Gasteiger partial charge is 0.121 e. The zero-order valence-electron chi connectivity index (χ0n) is 8.44. The molecule has 0 aromatic carbocycles. The fourth-order valence-corrected chi connectivity index (χ4v) is 0.717. The zero-order valence-corrected chi connectivity index (χ0v) is 8.44. The van der Waals surface area contributed by atoms with Crippen LogP contribution in [-0.4, -0.2) is 17.6 Å². The van der Waals surface area contributed by atoms with E-state index in [4.69, 9.17) is 10.8 Å². The summed E-state index contributed by atoms with van der Waals surface area (Å²) in [4.78, 5) is 0. The Hall–Kier alpha value is -1.38. The molecule has 0 saturated heterocycles. The van der Waals surface area contributed by atoms with Gasteiger partial charge < -0.3 is 10.7 Å². The quantitative estimate of drug-likeness (QED) is 0.345. The van der Waals surface area contributed by atoms with Gasteiger partial charge in [-0.2, -0.15) is 0 Å². The van der Waals surface area contributed by atoms with E-state index in [-0.39, 0.29) is 0 Å². The lowest BCUT2D eigenvalue weighted by atomic mass is 10.1. The van der Waals surface area contributed by atoms with E-state index in [9.17, 15) is 0 Å². The fraction of sp³-hybridized carbons (Fsp3) is 0.400. The van der Waals surface area contributed by atoms with E-state index in [1.165, 1.54) is 6.21 Å². The van der Waals surface area contributed by atoms with Gasteiger partial charge in [0.2, 0.25) is 0 Å². The first-order valence-corrected chi connectivity index (χ1v) is 4.11. The number of amidine groups is 1. The van der Waals surface area contributed by atoms with Crippen LogP contribution in [0, 0.1) is 10.8 Å². The van der Waals surface area contributed by atoms with Crippen LogP contribution < -0.4 is 5.32 Å². The molecule has 0 saturated carbocycles.